The molecule has 1 unspecified atom stereocenters. The lowest BCUT2D eigenvalue weighted by atomic mass is 10.2. The lowest BCUT2D eigenvalue weighted by Crippen LogP contribution is -3.07. The summed E-state index contributed by atoms with van der Waals surface area (Å²) in [6, 6.07) is 6.33. The summed E-state index contributed by atoms with van der Waals surface area (Å²) in [6.45, 7) is 5.26. The molecule has 6 heteroatoms. The van der Waals surface area contributed by atoms with Crippen LogP contribution in [-0.2, 0) is 6.54 Å². The van der Waals surface area contributed by atoms with E-state index in [4.69, 9.17) is 4.42 Å². The minimum Gasteiger partial charge on any atom is -0.414 e. The van der Waals surface area contributed by atoms with Crippen molar-refractivity contribution in [3.63, 3.8) is 0 Å². The van der Waals surface area contributed by atoms with Gasteiger partial charge in [0.1, 0.15) is 6.54 Å². The average molecular weight is 320 g/mol. The third kappa shape index (κ3) is 3.07. The van der Waals surface area contributed by atoms with Gasteiger partial charge in [-0.1, -0.05) is 6.07 Å². The Morgan fingerprint density at radius 2 is 2.10 bits per heavy atom. The maximum atomic E-state index is 5.83. The number of hydrogen-bond donors (Lipinski definition) is 1. The average Bonchev–Trinajstić information content (AvgIpc) is 3.18. The van der Waals surface area contributed by atoms with Crippen LogP contribution in [0.3, 0.4) is 0 Å². The van der Waals surface area contributed by atoms with Crippen molar-refractivity contribution in [2.45, 2.75) is 26.4 Å². The van der Waals surface area contributed by atoms with Crippen molar-refractivity contribution in [2.24, 2.45) is 0 Å². The van der Waals surface area contributed by atoms with Crippen LogP contribution in [0.25, 0.3) is 10.8 Å². The van der Waals surface area contributed by atoms with E-state index in [1.807, 2.05) is 28.8 Å². The highest BCUT2D eigenvalue weighted by molar-refractivity contribution is 7.13. The van der Waals surface area contributed by atoms with E-state index in [9.17, 15) is 0 Å². The molecule has 3 rings (SSSR count). The molecule has 0 aromatic carbocycles. The number of thiophene rings is 2. The van der Waals surface area contributed by atoms with Crippen LogP contribution in [0.4, 0.5) is 0 Å². The highest BCUT2D eigenvalue weighted by Gasteiger charge is 2.23. The van der Waals surface area contributed by atoms with Crippen LogP contribution in [-0.4, -0.2) is 17.2 Å². The van der Waals surface area contributed by atoms with Crippen molar-refractivity contribution in [1.82, 2.24) is 10.2 Å². The number of rotatable bonds is 5. The first-order valence-corrected chi connectivity index (χ1v) is 8.63. The first kappa shape index (κ1) is 14.4. The fourth-order valence-electron chi connectivity index (χ4n) is 2.11. The Morgan fingerprint density at radius 3 is 2.76 bits per heavy atom. The third-order valence-corrected chi connectivity index (χ3v) is 5.57. The Hall–Kier alpha value is -1.50. The van der Waals surface area contributed by atoms with E-state index in [0.29, 0.717) is 11.8 Å². The molecule has 0 bridgehead atoms. The summed E-state index contributed by atoms with van der Waals surface area (Å²) in [6.07, 6.45) is 0. The fraction of sp³-hybridized carbons (Fsp3) is 0.333. The largest absolute Gasteiger partial charge is 0.414 e. The minimum absolute atomic E-state index is 0.174. The summed E-state index contributed by atoms with van der Waals surface area (Å²) in [4.78, 5) is 3.78. The second kappa shape index (κ2) is 6.09. The van der Waals surface area contributed by atoms with E-state index in [0.717, 1.165) is 11.4 Å². The highest BCUT2D eigenvalue weighted by atomic mass is 32.1. The van der Waals surface area contributed by atoms with Gasteiger partial charge in [0.25, 0.3) is 11.8 Å². The van der Waals surface area contributed by atoms with E-state index in [1.54, 1.807) is 11.3 Å². The highest BCUT2D eigenvalue weighted by Crippen LogP contribution is 2.24. The van der Waals surface area contributed by atoms with E-state index in [1.165, 1.54) is 15.3 Å². The maximum absolute atomic E-state index is 5.83. The van der Waals surface area contributed by atoms with E-state index in [2.05, 4.69) is 42.5 Å². The van der Waals surface area contributed by atoms with Gasteiger partial charge in [0, 0.05) is 0 Å². The van der Waals surface area contributed by atoms with Gasteiger partial charge in [-0.2, -0.15) is 0 Å². The van der Waals surface area contributed by atoms with Gasteiger partial charge in [0.15, 0.2) is 6.04 Å². The standard InChI is InChI=1S/C15H17N3OS2/c1-10-6-8-21-13(10)9-18(3)11(2)14-16-17-15(19-14)12-5-4-7-20-12/h4-8,11H,9H2,1-3H3/p+1/t11-/m0/s1. The molecule has 110 valence electrons. The Bertz CT molecular complexity index is 702. The zero-order valence-corrected chi connectivity index (χ0v) is 13.9. The SMILES string of the molecule is Cc1ccsc1C[NH+](C)[C@@H](C)c1nnc(-c2cccs2)o1. The first-order valence-electron chi connectivity index (χ1n) is 6.87. The Balaban J connectivity index is 1.73. The summed E-state index contributed by atoms with van der Waals surface area (Å²) in [5.41, 5.74) is 1.36. The zero-order valence-electron chi connectivity index (χ0n) is 12.3. The van der Waals surface area contributed by atoms with Gasteiger partial charge in [-0.15, -0.1) is 32.9 Å². The number of nitrogens with zero attached hydrogens (tertiary/aromatic N) is 2. The van der Waals surface area contributed by atoms with Crippen LogP contribution in [0.5, 0.6) is 0 Å². The predicted molar refractivity (Wildman–Crippen MR) is 85.7 cm³/mol. The molecule has 0 amide bonds. The van der Waals surface area contributed by atoms with Crippen molar-refractivity contribution in [2.75, 3.05) is 7.05 Å². The molecule has 0 fully saturated rings. The molecular formula is C15H18N3OS2+. The third-order valence-electron chi connectivity index (χ3n) is 3.69. The van der Waals surface area contributed by atoms with E-state index >= 15 is 0 Å². The van der Waals surface area contributed by atoms with Crippen LogP contribution in [0.1, 0.15) is 29.3 Å². The van der Waals surface area contributed by atoms with Crippen LogP contribution < -0.4 is 4.90 Å². The van der Waals surface area contributed by atoms with Gasteiger partial charge < -0.3 is 9.32 Å². The molecule has 0 aliphatic heterocycles. The Morgan fingerprint density at radius 1 is 1.24 bits per heavy atom. The van der Waals surface area contributed by atoms with Crippen molar-refractivity contribution >= 4 is 22.7 Å². The normalized spacial score (nSPS) is 14.2. The van der Waals surface area contributed by atoms with Gasteiger partial charge in [-0.25, -0.2) is 0 Å². The fourth-order valence-corrected chi connectivity index (χ4v) is 3.76. The number of hydrogen-bond acceptors (Lipinski definition) is 5. The molecule has 0 radical (unpaired) electrons. The molecule has 0 spiro atoms. The lowest BCUT2D eigenvalue weighted by molar-refractivity contribution is -0.925. The van der Waals surface area contributed by atoms with Crippen molar-refractivity contribution in [3.05, 3.63) is 45.3 Å². The second-order valence-electron chi connectivity index (χ2n) is 5.19. The van der Waals surface area contributed by atoms with Gasteiger partial charge in [0.05, 0.1) is 16.8 Å². The number of nitrogens with one attached hydrogen (secondary N) is 1. The quantitative estimate of drug-likeness (QED) is 0.786. The van der Waals surface area contributed by atoms with Gasteiger partial charge in [0.2, 0.25) is 0 Å². The number of aromatic nitrogens is 2. The molecular weight excluding hydrogens is 302 g/mol. The first-order chi connectivity index (χ1) is 10.1. The summed E-state index contributed by atoms with van der Waals surface area (Å²) < 4.78 is 5.83. The Labute approximate surface area is 132 Å². The molecule has 0 saturated heterocycles. The van der Waals surface area contributed by atoms with E-state index in [-0.39, 0.29) is 6.04 Å². The molecule has 0 aliphatic carbocycles. The van der Waals surface area contributed by atoms with Gasteiger partial charge in [-0.3, -0.25) is 0 Å². The van der Waals surface area contributed by atoms with Crippen molar-refractivity contribution < 1.29 is 9.32 Å². The van der Waals surface area contributed by atoms with E-state index < -0.39 is 0 Å². The van der Waals surface area contributed by atoms with Crippen LogP contribution >= 0.6 is 22.7 Å². The molecule has 3 aromatic rings. The monoisotopic (exact) mass is 320 g/mol. The molecule has 0 aliphatic rings. The molecule has 3 aromatic heterocycles. The lowest BCUT2D eigenvalue weighted by Gasteiger charge is -2.18. The van der Waals surface area contributed by atoms with Crippen LogP contribution in [0.15, 0.2) is 33.4 Å². The van der Waals surface area contributed by atoms with Gasteiger partial charge in [-0.05, 0) is 42.3 Å². The predicted octanol–water partition coefficient (Wildman–Crippen LogP) is 2.94. The van der Waals surface area contributed by atoms with Crippen molar-refractivity contribution in [3.8, 4) is 10.8 Å². The van der Waals surface area contributed by atoms with Gasteiger partial charge >= 0.3 is 0 Å². The smallest absolute Gasteiger partial charge is 0.274 e. The van der Waals surface area contributed by atoms with Crippen molar-refractivity contribution in [1.29, 1.82) is 0 Å². The molecule has 2 atom stereocenters. The maximum Gasteiger partial charge on any atom is 0.274 e. The second-order valence-corrected chi connectivity index (χ2v) is 7.14. The van der Waals surface area contributed by atoms with Crippen LogP contribution in [0, 0.1) is 6.92 Å². The molecule has 4 nitrogen and oxygen atoms in total. The Kier molecular flexibility index (Phi) is 4.19. The topological polar surface area (TPSA) is 43.4 Å². The number of quaternary nitrogens is 1. The summed E-state index contributed by atoms with van der Waals surface area (Å²) in [7, 11) is 2.17. The molecule has 1 N–H and O–H groups in total. The summed E-state index contributed by atoms with van der Waals surface area (Å²) in [5, 5.41) is 12.5. The summed E-state index contributed by atoms with van der Waals surface area (Å²) >= 11 is 3.42. The molecule has 21 heavy (non-hydrogen) atoms. The minimum atomic E-state index is 0.174. The zero-order chi connectivity index (χ0) is 14.8. The molecule has 0 saturated carbocycles. The summed E-state index contributed by atoms with van der Waals surface area (Å²) in [5.74, 6) is 1.32. The number of aryl methyl sites for hydroxylation is 1. The van der Waals surface area contributed by atoms with Crippen LogP contribution in [0.2, 0.25) is 0 Å². The molecule has 3 heterocycles.